The molecule has 1 saturated carbocycles. The van der Waals surface area contributed by atoms with Crippen LogP contribution in [0.4, 0.5) is 0 Å². The van der Waals surface area contributed by atoms with Crippen LogP contribution in [0.3, 0.4) is 0 Å². The van der Waals surface area contributed by atoms with E-state index >= 15 is 0 Å². The molecule has 1 aliphatic carbocycles. The van der Waals surface area contributed by atoms with Crippen molar-refractivity contribution in [2.24, 2.45) is 5.10 Å². The highest BCUT2D eigenvalue weighted by atomic mass is 79.9. The third-order valence-electron chi connectivity index (χ3n) is 6.22. The SMILES string of the molecule is CC[C@@H](C)Oc1c(Br)cc(C=Nn2c(C3CCCCC3)nc3ccccc3c2=O)cc1OC. The van der Waals surface area contributed by atoms with Gasteiger partial charge in [-0.05, 0) is 71.9 Å². The van der Waals surface area contributed by atoms with Crippen molar-refractivity contribution in [2.45, 2.75) is 64.4 Å². The van der Waals surface area contributed by atoms with Crippen molar-refractivity contribution in [1.29, 1.82) is 0 Å². The van der Waals surface area contributed by atoms with E-state index in [0.717, 1.165) is 53.5 Å². The van der Waals surface area contributed by atoms with E-state index in [4.69, 9.17) is 14.5 Å². The fourth-order valence-electron chi connectivity index (χ4n) is 4.22. The number of halogens is 1. The summed E-state index contributed by atoms with van der Waals surface area (Å²) in [6.45, 7) is 4.10. The molecular formula is C26H30BrN3O3. The molecule has 0 aliphatic heterocycles. The van der Waals surface area contributed by atoms with Crippen LogP contribution < -0.4 is 15.0 Å². The van der Waals surface area contributed by atoms with E-state index in [0.29, 0.717) is 16.9 Å². The van der Waals surface area contributed by atoms with Crippen LogP contribution in [0.1, 0.15) is 69.7 Å². The van der Waals surface area contributed by atoms with E-state index in [9.17, 15) is 4.79 Å². The molecule has 1 aromatic heterocycles. The number of hydrogen-bond acceptors (Lipinski definition) is 5. The summed E-state index contributed by atoms with van der Waals surface area (Å²) in [5.74, 6) is 2.26. The van der Waals surface area contributed by atoms with Gasteiger partial charge in [0.05, 0.1) is 34.8 Å². The molecule has 33 heavy (non-hydrogen) atoms. The Morgan fingerprint density at radius 2 is 2.00 bits per heavy atom. The Balaban J connectivity index is 1.76. The van der Waals surface area contributed by atoms with E-state index < -0.39 is 0 Å². The first-order valence-electron chi connectivity index (χ1n) is 11.6. The molecule has 0 bridgehead atoms. The summed E-state index contributed by atoms with van der Waals surface area (Å²) in [4.78, 5) is 18.2. The summed E-state index contributed by atoms with van der Waals surface area (Å²) in [6.07, 6.45) is 8.23. The molecule has 1 atom stereocenters. The van der Waals surface area contributed by atoms with Gasteiger partial charge >= 0.3 is 0 Å². The van der Waals surface area contributed by atoms with Crippen molar-refractivity contribution < 1.29 is 9.47 Å². The van der Waals surface area contributed by atoms with Crippen molar-refractivity contribution >= 4 is 33.0 Å². The van der Waals surface area contributed by atoms with E-state index in [1.165, 1.54) is 11.1 Å². The quantitative estimate of drug-likeness (QED) is 0.350. The summed E-state index contributed by atoms with van der Waals surface area (Å²) >= 11 is 3.60. The first-order valence-corrected chi connectivity index (χ1v) is 12.4. The molecule has 2 aromatic carbocycles. The van der Waals surface area contributed by atoms with Gasteiger partial charge in [-0.2, -0.15) is 9.78 Å². The zero-order valence-electron chi connectivity index (χ0n) is 19.4. The normalized spacial score (nSPS) is 15.8. The van der Waals surface area contributed by atoms with Gasteiger partial charge in [0.15, 0.2) is 11.5 Å². The van der Waals surface area contributed by atoms with E-state index in [1.807, 2.05) is 43.3 Å². The van der Waals surface area contributed by atoms with Gasteiger partial charge in [-0.15, -0.1) is 0 Å². The number of nitrogens with zero attached hydrogens (tertiary/aromatic N) is 3. The van der Waals surface area contributed by atoms with Crippen molar-refractivity contribution in [3.8, 4) is 11.5 Å². The summed E-state index contributed by atoms with van der Waals surface area (Å²) in [5.41, 5.74) is 1.38. The first-order chi connectivity index (χ1) is 16.0. The van der Waals surface area contributed by atoms with Crippen LogP contribution in [0.5, 0.6) is 11.5 Å². The first kappa shape index (κ1) is 23.5. The highest BCUT2D eigenvalue weighted by Gasteiger charge is 2.22. The number of para-hydroxylation sites is 1. The molecule has 174 valence electrons. The maximum Gasteiger partial charge on any atom is 0.282 e. The maximum absolute atomic E-state index is 13.4. The summed E-state index contributed by atoms with van der Waals surface area (Å²) in [5, 5.41) is 5.20. The maximum atomic E-state index is 13.4. The van der Waals surface area contributed by atoms with Gasteiger partial charge in [-0.3, -0.25) is 4.79 Å². The lowest BCUT2D eigenvalue weighted by Crippen LogP contribution is -2.25. The average Bonchev–Trinajstić information content (AvgIpc) is 2.85. The van der Waals surface area contributed by atoms with E-state index in [-0.39, 0.29) is 17.6 Å². The van der Waals surface area contributed by atoms with Crippen LogP contribution in [0, 0.1) is 0 Å². The Bertz CT molecular complexity index is 1220. The zero-order chi connectivity index (χ0) is 23.4. The number of methoxy groups -OCH3 is 1. The predicted octanol–water partition coefficient (Wildman–Crippen LogP) is 6.27. The molecule has 0 saturated heterocycles. The molecule has 0 spiro atoms. The number of rotatable bonds is 7. The van der Waals surface area contributed by atoms with Crippen molar-refractivity contribution in [1.82, 2.24) is 9.66 Å². The Hall–Kier alpha value is -2.67. The average molecular weight is 512 g/mol. The summed E-state index contributed by atoms with van der Waals surface area (Å²) in [7, 11) is 1.62. The Labute approximate surface area is 202 Å². The number of ether oxygens (including phenoxy) is 2. The van der Waals surface area contributed by atoms with E-state index in [2.05, 4.69) is 28.0 Å². The standard InChI is InChI=1S/C26H30BrN3O3/c1-4-17(2)33-24-21(27)14-18(15-23(24)32-3)16-28-30-25(19-10-6-5-7-11-19)29-22-13-9-8-12-20(22)26(30)31/h8-9,12-17,19H,4-7,10-11H2,1-3H3/t17-/m1/s1. The van der Waals surface area contributed by atoms with Gasteiger partial charge in [0.2, 0.25) is 0 Å². The fraction of sp³-hybridized carbons (Fsp3) is 0.423. The Morgan fingerprint density at radius 3 is 2.73 bits per heavy atom. The number of hydrogen-bond donors (Lipinski definition) is 0. The van der Waals surface area contributed by atoms with Gasteiger partial charge in [0.1, 0.15) is 5.82 Å². The van der Waals surface area contributed by atoms with Gasteiger partial charge in [0.25, 0.3) is 5.56 Å². The van der Waals surface area contributed by atoms with Crippen LogP contribution in [0.25, 0.3) is 10.9 Å². The minimum Gasteiger partial charge on any atom is -0.493 e. The van der Waals surface area contributed by atoms with Gasteiger partial charge in [0, 0.05) is 5.92 Å². The minimum absolute atomic E-state index is 0.0648. The highest BCUT2D eigenvalue weighted by Crippen LogP contribution is 2.37. The molecule has 7 heteroatoms. The number of fused-ring (bicyclic) bond motifs is 1. The van der Waals surface area contributed by atoms with Crippen LogP contribution in [-0.2, 0) is 0 Å². The van der Waals surface area contributed by atoms with Crippen LogP contribution >= 0.6 is 15.9 Å². The van der Waals surface area contributed by atoms with E-state index in [1.54, 1.807) is 13.3 Å². The molecule has 0 unspecified atom stereocenters. The number of aromatic nitrogens is 2. The molecule has 1 heterocycles. The Morgan fingerprint density at radius 1 is 1.24 bits per heavy atom. The molecule has 0 amide bonds. The predicted molar refractivity (Wildman–Crippen MR) is 136 cm³/mol. The lowest BCUT2D eigenvalue weighted by Gasteiger charge is -2.22. The second kappa shape index (κ2) is 10.5. The van der Waals surface area contributed by atoms with Crippen LogP contribution in [0.2, 0.25) is 0 Å². The second-order valence-corrected chi connectivity index (χ2v) is 9.41. The lowest BCUT2D eigenvalue weighted by molar-refractivity contribution is 0.206. The van der Waals surface area contributed by atoms with Crippen LogP contribution in [-0.4, -0.2) is 29.1 Å². The highest BCUT2D eigenvalue weighted by molar-refractivity contribution is 9.10. The fourth-order valence-corrected chi connectivity index (χ4v) is 4.77. The zero-order valence-corrected chi connectivity index (χ0v) is 21.0. The Kier molecular flexibility index (Phi) is 7.48. The molecule has 3 aromatic rings. The molecule has 1 fully saturated rings. The summed E-state index contributed by atoms with van der Waals surface area (Å²) in [6, 6.07) is 11.3. The van der Waals surface area contributed by atoms with Gasteiger partial charge in [-0.1, -0.05) is 38.3 Å². The summed E-state index contributed by atoms with van der Waals surface area (Å²) < 4.78 is 13.9. The number of benzene rings is 2. The molecule has 4 rings (SSSR count). The van der Waals surface area contributed by atoms with Crippen molar-refractivity contribution in [2.75, 3.05) is 7.11 Å². The lowest BCUT2D eigenvalue weighted by atomic mass is 9.88. The van der Waals surface area contributed by atoms with Crippen molar-refractivity contribution in [3.63, 3.8) is 0 Å². The minimum atomic E-state index is -0.139. The molecule has 0 N–H and O–H groups in total. The topological polar surface area (TPSA) is 65.7 Å². The monoisotopic (exact) mass is 511 g/mol. The molecular weight excluding hydrogens is 482 g/mol. The molecule has 1 aliphatic rings. The molecule has 0 radical (unpaired) electrons. The molecule has 6 nitrogen and oxygen atoms in total. The van der Waals surface area contributed by atoms with Gasteiger partial charge in [-0.25, -0.2) is 4.98 Å². The van der Waals surface area contributed by atoms with Gasteiger partial charge < -0.3 is 9.47 Å². The second-order valence-electron chi connectivity index (χ2n) is 8.55. The third kappa shape index (κ3) is 5.13. The largest absolute Gasteiger partial charge is 0.493 e. The third-order valence-corrected chi connectivity index (χ3v) is 6.81. The van der Waals surface area contributed by atoms with Crippen LogP contribution in [0.15, 0.2) is 50.8 Å². The van der Waals surface area contributed by atoms with Crippen molar-refractivity contribution in [3.05, 3.63) is 62.6 Å². The smallest absolute Gasteiger partial charge is 0.282 e.